The van der Waals surface area contributed by atoms with Gasteiger partial charge in [0.1, 0.15) is 5.76 Å². The monoisotopic (exact) mass is 294 g/mol. The van der Waals surface area contributed by atoms with E-state index >= 15 is 0 Å². The van der Waals surface area contributed by atoms with Gasteiger partial charge in [-0.2, -0.15) is 10.2 Å². The minimum Gasteiger partial charge on any atom is -0.463 e. The highest BCUT2D eigenvalue weighted by Gasteiger charge is 1.96. The Hall–Kier alpha value is -2.42. The number of rotatable bonds is 8. The molecule has 0 saturated carbocycles. The van der Waals surface area contributed by atoms with E-state index in [0.717, 1.165) is 6.42 Å². The van der Waals surface area contributed by atoms with Crippen LogP contribution in [0.5, 0.6) is 0 Å². The fraction of sp³-hybridized carbons (Fsp3) is 0.263. The van der Waals surface area contributed by atoms with Crippen LogP contribution in [0, 0.1) is 0 Å². The summed E-state index contributed by atoms with van der Waals surface area (Å²) in [6.07, 6.45) is 11.9. The summed E-state index contributed by atoms with van der Waals surface area (Å²) in [4.78, 5) is 0. The number of hydrogen-bond acceptors (Lipinski definition) is 3. The van der Waals surface area contributed by atoms with Crippen LogP contribution < -0.4 is 0 Å². The van der Waals surface area contributed by atoms with Gasteiger partial charge in [-0.05, 0) is 36.1 Å². The van der Waals surface area contributed by atoms with Gasteiger partial charge in [-0.15, -0.1) is 0 Å². The highest BCUT2D eigenvalue weighted by Crippen LogP contribution is 2.12. The van der Waals surface area contributed by atoms with Crippen LogP contribution in [-0.4, -0.2) is 12.4 Å². The second kappa shape index (κ2) is 9.50. The van der Waals surface area contributed by atoms with Crippen molar-refractivity contribution in [3.8, 4) is 0 Å². The van der Waals surface area contributed by atoms with Crippen LogP contribution >= 0.6 is 0 Å². The average Bonchev–Trinajstić information content (AvgIpc) is 3.06. The summed E-state index contributed by atoms with van der Waals surface area (Å²) < 4.78 is 5.18. The van der Waals surface area contributed by atoms with E-state index in [-0.39, 0.29) is 0 Å². The van der Waals surface area contributed by atoms with Crippen molar-refractivity contribution in [1.29, 1.82) is 0 Å². The minimum atomic E-state index is 0.705. The van der Waals surface area contributed by atoms with Crippen molar-refractivity contribution in [3.05, 3.63) is 65.6 Å². The highest BCUT2D eigenvalue weighted by molar-refractivity contribution is 5.86. The van der Waals surface area contributed by atoms with Gasteiger partial charge in [-0.1, -0.05) is 56.2 Å². The molecule has 1 aromatic carbocycles. The Labute approximate surface area is 132 Å². The van der Waals surface area contributed by atoms with Gasteiger partial charge in [0.2, 0.25) is 0 Å². The quantitative estimate of drug-likeness (QED) is 0.367. The summed E-state index contributed by atoms with van der Waals surface area (Å²) in [5, 5.41) is 8.17. The predicted octanol–water partition coefficient (Wildman–Crippen LogP) is 5.35. The van der Waals surface area contributed by atoms with Crippen LogP contribution in [0.25, 0.3) is 6.08 Å². The third-order valence-corrected chi connectivity index (χ3v) is 3.24. The Morgan fingerprint density at radius 3 is 2.64 bits per heavy atom. The van der Waals surface area contributed by atoms with Crippen molar-refractivity contribution in [3.63, 3.8) is 0 Å². The SMILES string of the molecule is CCCCCC(C=NN=Cc1ccco1)=Cc1ccccc1. The second-order valence-corrected chi connectivity index (χ2v) is 5.09. The fourth-order valence-corrected chi connectivity index (χ4v) is 2.08. The maximum atomic E-state index is 5.18. The molecule has 1 aromatic heterocycles. The standard InChI is InChI=1S/C19H22N2O/c1-2-3-5-11-18(14-17-9-6-4-7-10-17)15-20-21-16-19-12-8-13-22-19/h4,6-10,12-16H,2-3,5,11H2,1H3. The van der Waals surface area contributed by atoms with Crippen molar-refractivity contribution < 1.29 is 4.42 Å². The molecule has 0 unspecified atom stereocenters. The van der Waals surface area contributed by atoms with Crippen molar-refractivity contribution >= 4 is 18.5 Å². The first kappa shape index (κ1) is 16.0. The molecule has 3 nitrogen and oxygen atoms in total. The van der Waals surface area contributed by atoms with Crippen molar-refractivity contribution in [2.45, 2.75) is 32.6 Å². The highest BCUT2D eigenvalue weighted by atomic mass is 16.3. The maximum Gasteiger partial charge on any atom is 0.146 e. The van der Waals surface area contributed by atoms with E-state index in [1.807, 2.05) is 36.5 Å². The maximum absolute atomic E-state index is 5.18. The van der Waals surface area contributed by atoms with E-state index < -0.39 is 0 Å². The molecule has 0 aliphatic heterocycles. The zero-order valence-electron chi connectivity index (χ0n) is 13.0. The smallest absolute Gasteiger partial charge is 0.146 e. The number of unbranched alkanes of at least 4 members (excludes halogenated alkanes) is 2. The molecular weight excluding hydrogens is 272 g/mol. The van der Waals surface area contributed by atoms with Crippen molar-refractivity contribution in [2.24, 2.45) is 10.2 Å². The summed E-state index contributed by atoms with van der Waals surface area (Å²) in [7, 11) is 0. The molecule has 0 aliphatic rings. The molecule has 0 N–H and O–H groups in total. The first-order valence-corrected chi connectivity index (χ1v) is 7.74. The van der Waals surface area contributed by atoms with Gasteiger partial charge in [0.05, 0.1) is 18.7 Å². The van der Waals surface area contributed by atoms with Gasteiger partial charge in [0.15, 0.2) is 0 Å². The van der Waals surface area contributed by atoms with Gasteiger partial charge in [-0.25, -0.2) is 0 Å². The first-order valence-electron chi connectivity index (χ1n) is 7.74. The Morgan fingerprint density at radius 1 is 1.05 bits per heavy atom. The van der Waals surface area contributed by atoms with E-state index in [0.29, 0.717) is 5.76 Å². The first-order chi connectivity index (χ1) is 10.9. The predicted molar refractivity (Wildman–Crippen MR) is 93.4 cm³/mol. The van der Waals surface area contributed by atoms with Crippen LogP contribution in [0.4, 0.5) is 0 Å². The summed E-state index contributed by atoms with van der Waals surface area (Å²) in [5.74, 6) is 0.705. The summed E-state index contributed by atoms with van der Waals surface area (Å²) in [6, 6.07) is 14.0. The average molecular weight is 294 g/mol. The molecule has 0 fully saturated rings. The van der Waals surface area contributed by atoms with Crippen molar-refractivity contribution in [2.75, 3.05) is 0 Å². The fourth-order valence-electron chi connectivity index (χ4n) is 2.08. The van der Waals surface area contributed by atoms with E-state index in [2.05, 4.69) is 35.3 Å². The van der Waals surface area contributed by atoms with E-state index in [9.17, 15) is 0 Å². The van der Waals surface area contributed by atoms with Crippen LogP contribution in [0.15, 0.2) is 68.9 Å². The largest absolute Gasteiger partial charge is 0.463 e. The van der Waals surface area contributed by atoms with Gasteiger partial charge < -0.3 is 4.42 Å². The molecule has 0 amide bonds. The second-order valence-electron chi connectivity index (χ2n) is 5.09. The number of benzene rings is 1. The van der Waals surface area contributed by atoms with E-state index in [1.54, 1.807) is 12.5 Å². The van der Waals surface area contributed by atoms with Gasteiger partial charge in [-0.3, -0.25) is 0 Å². The molecule has 3 heteroatoms. The number of nitrogens with zero attached hydrogens (tertiary/aromatic N) is 2. The number of hydrogen-bond donors (Lipinski definition) is 0. The van der Waals surface area contributed by atoms with Gasteiger partial charge in [0, 0.05) is 0 Å². The topological polar surface area (TPSA) is 37.9 Å². The van der Waals surface area contributed by atoms with Gasteiger partial charge >= 0.3 is 0 Å². The molecule has 0 saturated heterocycles. The molecule has 0 aliphatic carbocycles. The molecule has 2 rings (SSSR count). The van der Waals surface area contributed by atoms with Crippen molar-refractivity contribution in [1.82, 2.24) is 0 Å². The van der Waals surface area contributed by atoms with Crippen LogP contribution in [0.3, 0.4) is 0 Å². The summed E-state index contributed by atoms with van der Waals surface area (Å²) in [6.45, 7) is 2.21. The minimum absolute atomic E-state index is 0.705. The summed E-state index contributed by atoms with van der Waals surface area (Å²) >= 11 is 0. The Morgan fingerprint density at radius 2 is 1.91 bits per heavy atom. The number of furan rings is 1. The third kappa shape index (κ3) is 5.92. The van der Waals surface area contributed by atoms with Crippen LogP contribution in [0.2, 0.25) is 0 Å². The lowest BCUT2D eigenvalue weighted by molar-refractivity contribution is 0.560. The Balaban J connectivity index is 2.02. The van der Waals surface area contributed by atoms with Gasteiger partial charge in [0.25, 0.3) is 0 Å². The molecule has 0 bridgehead atoms. The Kier molecular flexibility index (Phi) is 6.89. The van der Waals surface area contributed by atoms with Crippen LogP contribution in [0.1, 0.15) is 43.9 Å². The molecule has 2 aromatic rings. The van der Waals surface area contributed by atoms with E-state index in [4.69, 9.17) is 4.42 Å². The molecule has 22 heavy (non-hydrogen) atoms. The molecule has 114 valence electrons. The molecule has 0 atom stereocenters. The molecule has 0 radical (unpaired) electrons. The van der Waals surface area contributed by atoms with E-state index in [1.165, 1.54) is 30.4 Å². The molecule has 1 heterocycles. The lowest BCUT2D eigenvalue weighted by Gasteiger charge is -2.01. The Bertz CT molecular complexity index is 610. The lowest BCUT2D eigenvalue weighted by atomic mass is 10.1. The van der Waals surface area contributed by atoms with Crippen LogP contribution in [-0.2, 0) is 0 Å². The number of allylic oxidation sites excluding steroid dienone is 1. The normalized spacial score (nSPS) is 12.5. The summed E-state index contributed by atoms with van der Waals surface area (Å²) in [5.41, 5.74) is 2.38. The molecule has 0 spiro atoms. The molecular formula is C19H22N2O. The third-order valence-electron chi connectivity index (χ3n) is 3.24. The lowest BCUT2D eigenvalue weighted by Crippen LogP contribution is -1.87. The zero-order valence-corrected chi connectivity index (χ0v) is 13.0. The zero-order chi connectivity index (χ0) is 15.5.